The average molecular weight is 343 g/mol. The van der Waals surface area contributed by atoms with E-state index >= 15 is 0 Å². The van der Waals surface area contributed by atoms with E-state index < -0.39 is 17.7 Å². The first-order valence-corrected chi connectivity index (χ1v) is 6.81. The molecular weight excluding hydrogens is 330 g/mol. The minimum absolute atomic E-state index is 0.0343. The van der Waals surface area contributed by atoms with Gasteiger partial charge in [0, 0.05) is 21.7 Å². The van der Waals surface area contributed by atoms with Gasteiger partial charge in [-0.2, -0.15) is 0 Å². The number of hydrogen-bond donors (Lipinski definition) is 1. The van der Waals surface area contributed by atoms with Crippen molar-refractivity contribution in [3.8, 4) is 5.75 Å². The maximum Gasteiger partial charge on any atom is 0.132 e. The highest BCUT2D eigenvalue weighted by atomic mass is 79.9. The molecule has 0 heterocycles. The molecule has 5 heteroatoms. The van der Waals surface area contributed by atoms with E-state index in [-0.39, 0.29) is 12.2 Å². The van der Waals surface area contributed by atoms with Crippen molar-refractivity contribution in [2.45, 2.75) is 19.6 Å². The Hall–Kier alpha value is -1.46. The predicted molar refractivity (Wildman–Crippen MR) is 75.5 cm³/mol. The lowest BCUT2D eigenvalue weighted by molar-refractivity contribution is 0.189. The van der Waals surface area contributed by atoms with E-state index in [4.69, 9.17) is 4.74 Å². The van der Waals surface area contributed by atoms with Crippen LogP contribution in [0.3, 0.4) is 0 Å². The largest absolute Gasteiger partial charge is 0.488 e. The topological polar surface area (TPSA) is 29.5 Å². The Kier molecular flexibility index (Phi) is 4.73. The number of hydrogen-bond acceptors (Lipinski definition) is 2. The molecule has 0 aliphatic rings. The van der Waals surface area contributed by atoms with Gasteiger partial charge in [0.15, 0.2) is 0 Å². The van der Waals surface area contributed by atoms with Gasteiger partial charge in [-0.15, -0.1) is 0 Å². The summed E-state index contributed by atoms with van der Waals surface area (Å²) >= 11 is 3.31. The Morgan fingerprint density at radius 1 is 1.20 bits per heavy atom. The van der Waals surface area contributed by atoms with Crippen molar-refractivity contribution in [2.75, 3.05) is 0 Å². The van der Waals surface area contributed by atoms with E-state index in [1.807, 2.05) is 0 Å². The molecule has 0 aliphatic heterocycles. The van der Waals surface area contributed by atoms with Gasteiger partial charge in [0.1, 0.15) is 24.0 Å². The standard InChI is InChI=1S/C15H13BrF2O2/c1-9(19)13-6-11(16)3-5-15(13)20-8-10-2-4-12(17)7-14(10)18/h2-7,9,19H,8H2,1H3/t9-/m1/s1. The highest BCUT2D eigenvalue weighted by molar-refractivity contribution is 9.10. The smallest absolute Gasteiger partial charge is 0.132 e. The van der Waals surface area contributed by atoms with E-state index in [9.17, 15) is 13.9 Å². The number of rotatable bonds is 4. The quantitative estimate of drug-likeness (QED) is 0.894. The van der Waals surface area contributed by atoms with Crippen LogP contribution < -0.4 is 4.74 Å². The molecule has 2 rings (SSSR count). The van der Waals surface area contributed by atoms with Gasteiger partial charge in [-0.25, -0.2) is 8.78 Å². The van der Waals surface area contributed by atoms with Crippen molar-refractivity contribution in [1.29, 1.82) is 0 Å². The van der Waals surface area contributed by atoms with E-state index in [1.165, 1.54) is 12.1 Å². The number of ether oxygens (including phenoxy) is 1. The zero-order chi connectivity index (χ0) is 14.7. The molecule has 20 heavy (non-hydrogen) atoms. The fraction of sp³-hybridized carbons (Fsp3) is 0.200. The summed E-state index contributed by atoms with van der Waals surface area (Å²) in [5.74, 6) is -0.813. The molecule has 0 radical (unpaired) electrons. The molecule has 1 atom stereocenters. The zero-order valence-corrected chi connectivity index (χ0v) is 12.3. The number of benzene rings is 2. The van der Waals surface area contributed by atoms with Crippen LogP contribution in [0.15, 0.2) is 40.9 Å². The molecule has 0 saturated carbocycles. The second-order valence-electron chi connectivity index (χ2n) is 4.38. The fourth-order valence-electron chi connectivity index (χ4n) is 1.77. The van der Waals surface area contributed by atoms with Gasteiger partial charge >= 0.3 is 0 Å². The van der Waals surface area contributed by atoms with Crippen LogP contribution in [0.5, 0.6) is 5.75 Å². The molecule has 0 bridgehead atoms. The third kappa shape index (κ3) is 3.55. The van der Waals surface area contributed by atoms with Gasteiger partial charge < -0.3 is 9.84 Å². The lowest BCUT2D eigenvalue weighted by Crippen LogP contribution is -2.03. The summed E-state index contributed by atoms with van der Waals surface area (Å²) in [4.78, 5) is 0. The van der Waals surface area contributed by atoms with Crippen molar-refractivity contribution in [3.05, 3.63) is 63.6 Å². The van der Waals surface area contributed by atoms with Crippen LogP contribution in [0.2, 0.25) is 0 Å². The van der Waals surface area contributed by atoms with Crippen molar-refractivity contribution in [3.63, 3.8) is 0 Å². The van der Waals surface area contributed by atoms with Gasteiger partial charge in [0.25, 0.3) is 0 Å². The molecule has 0 spiro atoms. The van der Waals surface area contributed by atoms with Gasteiger partial charge in [-0.1, -0.05) is 15.9 Å². The SMILES string of the molecule is C[C@@H](O)c1cc(Br)ccc1OCc1ccc(F)cc1F. The summed E-state index contributed by atoms with van der Waals surface area (Å²) in [5.41, 5.74) is 0.854. The van der Waals surface area contributed by atoms with Gasteiger partial charge in [-0.3, -0.25) is 0 Å². The van der Waals surface area contributed by atoms with Gasteiger partial charge in [0.2, 0.25) is 0 Å². The lowest BCUT2D eigenvalue weighted by atomic mass is 10.1. The summed E-state index contributed by atoms with van der Waals surface area (Å²) in [5, 5.41) is 9.69. The predicted octanol–water partition coefficient (Wildman–Crippen LogP) is 4.36. The van der Waals surface area contributed by atoms with Gasteiger partial charge in [-0.05, 0) is 37.3 Å². The molecule has 0 aliphatic carbocycles. The van der Waals surface area contributed by atoms with Crippen LogP contribution in [0.25, 0.3) is 0 Å². The minimum atomic E-state index is -0.708. The summed E-state index contributed by atoms with van der Waals surface area (Å²) < 4.78 is 32.6. The number of aliphatic hydroxyl groups is 1. The maximum atomic E-state index is 13.5. The number of aliphatic hydroxyl groups excluding tert-OH is 1. The third-order valence-electron chi connectivity index (χ3n) is 2.82. The van der Waals surface area contributed by atoms with E-state index in [2.05, 4.69) is 15.9 Å². The molecule has 0 aromatic heterocycles. The third-order valence-corrected chi connectivity index (χ3v) is 3.31. The van der Waals surface area contributed by atoms with E-state index in [1.54, 1.807) is 25.1 Å². The molecule has 106 valence electrons. The molecule has 0 saturated heterocycles. The second-order valence-corrected chi connectivity index (χ2v) is 5.30. The van der Waals surface area contributed by atoms with Crippen LogP contribution in [-0.2, 0) is 6.61 Å². The molecule has 2 nitrogen and oxygen atoms in total. The van der Waals surface area contributed by atoms with Crippen LogP contribution >= 0.6 is 15.9 Å². The van der Waals surface area contributed by atoms with Crippen LogP contribution in [-0.4, -0.2) is 5.11 Å². The highest BCUT2D eigenvalue weighted by Gasteiger charge is 2.11. The molecule has 0 fully saturated rings. The molecule has 1 N–H and O–H groups in total. The van der Waals surface area contributed by atoms with Gasteiger partial charge in [0.05, 0.1) is 6.10 Å². The average Bonchev–Trinajstić information content (AvgIpc) is 2.38. The highest BCUT2D eigenvalue weighted by Crippen LogP contribution is 2.29. The Labute approximate surface area is 124 Å². The fourth-order valence-corrected chi connectivity index (χ4v) is 2.15. The first kappa shape index (κ1) is 14.9. The number of halogens is 3. The molecular formula is C15H13BrF2O2. The summed E-state index contributed by atoms with van der Waals surface area (Å²) in [6.45, 7) is 1.58. The van der Waals surface area contributed by atoms with Crippen molar-refractivity contribution >= 4 is 15.9 Å². The van der Waals surface area contributed by atoms with Crippen molar-refractivity contribution < 1.29 is 18.6 Å². The summed E-state index contributed by atoms with van der Waals surface area (Å²) in [7, 11) is 0. The van der Waals surface area contributed by atoms with Crippen molar-refractivity contribution in [2.24, 2.45) is 0 Å². The Balaban J connectivity index is 2.18. The Morgan fingerprint density at radius 3 is 2.60 bits per heavy atom. The molecule has 0 amide bonds. The first-order chi connectivity index (χ1) is 9.47. The lowest BCUT2D eigenvalue weighted by Gasteiger charge is -2.14. The monoisotopic (exact) mass is 342 g/mol. The molecule has 0 unspecified atom stereocenters. The summed E-state index contributed by atoms with van der Waals surface area (Å²) in [6, 6.07) is 8.52. The summed E-state index contributed by atoms with van der Waals surface area (Å²) in [6.07, 6.45) is -0.708. The second kappa shape index (κ2) is 6.33. The van der Waals surface area contributed by atoms with Crippen LogP contribution in [0.1, 0.15) is 24.2 Å². The normalized spacial score (nSPS) is 12.2. The Bertz CT molecular complexity index is 615. The zero-order valence-electron chi connectivity index (χ0n) is 10.7. The minimum Gasteiger partial charge on any atom is -0.488 e. The van der Waals surface area contributed by atoms with Crippen molar-refractivity contribution in [1.82, 2.24) is 0 Å². The Morgan fingerprint density at radius 2 is 1.95 bits per heavy atom. The maximum absolute atomic E-state index is 13.5. The molecule has 2 aromatic rings. The first-order valence-electron chi connectivity index (χ1n) is 6.01. The van der Waals surface area contributed by atoms with Crippen LogP contribution in [0, 0.1) is 11.6 Å². The molecule has 2 aromatic carbocycles. The van der Waals surface area contributed by atoms with E-state index in [0.29, 0.717) is 11.3 Å². The van der Waals surface area contributed by atoms with Crippen LogP contribution in [0.4, 0.5) is 8.78 Å². The van der Waals surface area contributed by atoms with E-state index in [0.717, 1.165) is 10.5 Å².